The summed E-state index contributed by atoms with van der Waals surface area (Å²) in [5, 5.41) is 6.60. The number of nitrogens with one attached hydrogen (secondary N) is 2. The van der Waals surface area contributed by atoms with E-state index in [9.17, 15) is 0 Å². The van der Waals surface area contributed by atoms with E-state index in [-0.39, 0.29) is 0 Å². The molecule has 0 aromatic heterocycles. The largest absolute Gasteiger partial charge is 0.383 e. The second-order valence-corrected chi connectivity index (χ2v) is 4.06. The molecule has 0 aliphatic rings. The molecule has 0 unspecified atom stereocenters. The van der Waals surface area contributed by atoms with Gasteiger partial charge in [0.25, 0.3) is 0 Å². The first-order valence-corrected chi connectivity index (χ1v) is 5.74. The molecule has 1 aromatic rings. The van der Waals surface area contributed by atoms with Crippen molar-refractivity contribution >= 4 is 11.4 Å². The topological polar surface area (TPSA) is 24.1 Å². The van der Waals surface area contributed by atoms with E-state index in [1.165, 1.54) is 0 Å². The molecule has 2 N–H and O–H groups in total. The predicted octanol–water partition coefficient (Wildman–Crippen LogP) is 4.17. The molecule has 0 heterocycles. The summed E-state index contributed by atoms with van der Waals surface area (Å²) in [4.78, 5) is 0. The normalized spacial score (nSPS) is 11.1. The van der Waals surface area contributed by atoms with Crippen molar-refractivity contribution in [3.05, 3.63) is 61.3 Å². The summed E-state index contributed by atoms with van der Waals surface area (Å²) in [5.74, 6) is 0. The van der Waals surface area contributed by atoms with Gasteiger partial charge in [-0.15, -0.1) is 0 Å². The van der Waals surface area contributed by atoms with Gasteiger partial charge in [0.15, 0.2) is 0 Å². The summed E-state index contributed by atoms with van der Waals surface area (Å²) >= 11 is 0. The molecule has 0 aliphatic heterocycles. The number of hydrogen-bond acceptors (Lipinski definition) is 2. The van der Waals surface area contributed by atoms with Gasteiger partial charge < -0.3 is 10.6 Å². The molecule has 2 heteroatoms. The molecule has 0 saturated carbocycles. The van der Waals surface area contributed by atoms with Crippen molar-refractivity contribution in [2.75, 3.05) is 10.6 Å². The fraction of sp³-hybridized carbons (Fsp3) is 0.200. The first-order valence-electron chi connectivity index (χ1n) is 5.74. The van der Waals surface area contributed by atoms with E-state index >= 15 is 0 Å². The molecular weight excluding hydrogens is 208 g/mol. The SMILES string of the molecule is C=C/C=C(\C=C)Nc1ccc(NC(C)C)cc1. The van der Waals surface area contributed by atoms with Gasteiger partial charge in [-0.3, -0.25) is 0 Å². The maximum Gasteiger partial charge on any atom is 0.0385 e. The van der Waals surface area contributed by atoms with Crippen LogP contribution < -0.4 is 10.6 Å². The maximum atomic E-state index is 3.74. The lowest BCUT2D eigenvalue weighted by Crippen LogP contribution is -2.09. The Balaban J connectivity index is 2.70. The van der Waals surface area contributed by atoms with Gasteiger partial charge in [-0.05, 0) is 50.3 Å². The molecule has 2 nitrogen and oxygen atoms in total. The summed E-state index contributed by atoms with van der Waals surface area (Å²) in [6.45, 7) is 11.6. The lowest BCUT2D eigenvalue weighted by atomic mass is 10.2. The number of rotatable bonds is 6. The van der Waals surface area contributed by atoms with Gasteiger partial charge in [0.2, 0.25) is 0 Å². The van der Waals surface area contributed by atoms with Crippen LogP contribution in [0.1, 0.15) is 13.8 Å². The van der Waals surface area contributed by atoms with Crippen LogP contribution in [0.5, 0.6) is 0 Å². The van der Waals surface area contributed by atoms with Crippen LogP contribution in [0.15, 0.2) is 61.3 Å². The Kier molecular flexibility index (Phi) is 5.08. The summed E-state index contributed by atoms with van der Waals surface area (Å²) < 4.78 is 0. The summed E-state index contributed by atoms with van der Waals surface area (Å²) in [6.07, 6.45) is 5.38. The van der Waals surface area contributed by atoms with Crippen LogP contribution in [-0.4, -0.2) is 6.04 Å². The fourth-order valence-electron chi connectivity index (χ4n) is 1.44. The first kappa shape index (κ1) is 13.1. The zero-order valence-corrected chi connectivity index (χ0v) is 10.5. The Morgan fingerprint density at radius 1 is 1.12 bits per heavy atom. The molecule has 0 atom stereocenters. The lowest BCUT2D eigenvalue weighted by molar-refractivity contribution is 0.900. The first-order chi connectivity index (χ1) is 8.15. The lowest BCUT2D eigenvalue weighted by Gasteiger charge is -2.11. The predicted molar refractivity (Wildman–Crippen MR) is 77.3 cm³/mol. The van der Waals surface area contributed by atoms with Crippen LogP contribution in [0.3, 0.4) is 0 Å². The number of hydrogen-bond donors (Lipinski definition) is 2. The smallest absolute Gasteiger partial charge is 0.0385 e. The third-order valence-corrected chi connectivity index (χ3v) is 2.15. The summed E-state index contributed by atoms with van der Waals surface area (Å²) in [6, 6.07) is 8.61. The quantitative estimate of drug-likeness (QED) is 0.714. The number of allylic oxidation sites excluding steroid dienone is 3. The van der Waals surface area contributed by atoms with Crippen LogP contribution in [0.2, 0.25) is 0 Å². The van der Waals surface area contributed by atoms with Crippen molar-refractivity contribution in [2.24, 2.45) is 0 Å². The highest BCUT2D eigenvalue weighted by atomic mass is 14.9. The van der Waals surface area contributed by atoms with E-state index in [0.717, 1.165) is 17.1 Å². The van der Waals surface area contributed by atoms with Crippen molar-refractivity contribution in [1.82, 2.24) is 0 Å². The second kappa shape index (κ2) is 6.59. The van der Waals surface area contributed by atoms with Gasteiger partial charge in [-0.25, -0.2) is 0 Å². The van der Waals surface area contributed by atoms with Crippen LogP contribution in [-0.2, 0) is 0 Å². The molecule has 0 spiro atoms. The highest BCUT2D eigenvalue weighted by molar-refractivity contribution is 5.57. The molecule has 1 rings (SSSR count). The standard InChI is InChI=1S/C15H20N2/c1-5-7-13(6-2)17-15-10-8-14(9-11-15)16-12(3)4/h5-12,16-17H,1-2H2,3-4H3/b13-7+. The van der Waals surface area contributed by atoms with E-state index in [0.29, 0.717) is 6.04 Å². The van der Waals surface area contributed by atoms with Gasteiger partial charge in [-0.1, -0.05) is 19.2 Å². The highest BCUT2D eigenvalue weighted by Gasteiger charge is 1.96. The number of anilines is 2. The van der Waals surface area contributed by atoms with Crippen LogP contribution in [0, 0.1) is 0 Å². The zero-order valence-electron chi connectivity index (χ0n) is 10.5. The molecule has 0 radical (unpaired) electrons. The van der Waals surface area contributed by atoms with E-state index in [4.69, 9.17) is 0 Å². The maximum absolute atomic E-state index is 3.74. The van der Waals surface area contributed by atoms with Crippen molar-refractivity contribution in [3.63, 3.8) is 0 Å². The zero-order chi connectivity index (χ0) is 12.7. The summed E-state index contributed by atoms with van der Waals surface area (Å²) in [5.41, 5.74) is 3.09. The van der Waals surface area contributed by atoms with Crippen molar-refractivity contribution in [3.8, 4) is 0 Å². The fourth-order valence-corrected chi connectivity index (χ4v) is 1.44. The molecule has 17 heavy (non-hydrogen) atoms. The molecule has 0 saturated heterocycles. The van der Waals surface area contributed by atoms with E-state index in [2.05, 4.69) is 49.8 Å². The van der Waals surface area contributed by atoms with Crippen LogP contribution in [0.25, 0.3) is 0 Å². The van der Waals surface area contributed by atoms with Gasteiger partial charge in [0.1, 0.15) is 0 Å². The van der Waals surface area contributed by atoms with Crippen molar-refractivity contribution in [1.29, 1.82) is 0 Å². The van der Waals surface area contributed by atoms with Crippen LogP contribution >= 0.6 is 0 Å². The summed E-state index contributed by atoms with van der Waals surface area (Å²) in [7, 11) is 0. The van der Waals surface area contributed by atoms with E-state index in [1.807, 2.05) is 18.2 Å². The van der Waals surface area contributed by atoms with Crippen LogP contribution in [0.4, 0.5) is 11.4 Å². The van der Waals surface area contributed by atoms with E-state index < -0.39 is 0 Å². The minimum atomic E-state index is 0.443. The number of benzene rings is 1. The van der Waals surface area contributed by atoms with Gasteiger partial charge in [0.05, 0.1) is 0 Å². The van der Waals surface area contributed by atoms with Crippen molar-refractivity contribution in [2.45, 2.75) is 19.9 Å². The van der Waals surface area contributed by atoms with Gasteiger partial charge >= 0.3 is 0 Å². The molecule has 0 fully saturated rings. The molecule has 0 aliphatic carbocycles. The average molecular weight is 228 g/mol. The molecule has 1 aromatic carbocycles. The Morgan fingerprint density at radius 2 is 1.71 bits per heavy atom. The molecule has 0 amide bonds. The monoisotopic (exact) mass is 228 g/mol. The minimum Gasteiger partial charge on any atom is -0.383 e. The second-order valence-electron chi connectivity index (χ2n) is 4.06. The average Bonchev–Trinajstić information content (AvgIpc) is 2.30. The Morgan fingerprint density at radius 3 is 2.18 bits per heavy atom. The molecule has 90 valence electrons. The molecule has 0 bridgehead atoms. The highest BCUT2D eigenvalue weighted by Crippen LogP contribution is 2.16. The Bertz CT molecular complexity index is 399. The van der Waals surface area contributed by atoms with E-state index in [1.54, 1.807) is 12.2 Å². The third-order valence-electron chi connectivity index (χ3n) is 2.15. The van der Waals surface area contributed by atoms with Crippen molar-refractivity contribution < 1.29 is 0 Å². The molecular formula is C15H20N2. The Labute approximate surface area is 104 Å². The minimum absolute atomic E-state index is 0.443. The van der Waals surface area contributed by atoms with Gasteiger partial charge in [0, 0.05) is 23.1 Å². The third kappa shape index (κ3) is 4.60. The van der Waals surface area contributed by atoms with Gasteiger partial charge in [-0.2, -0.15) is 0 Å². The Hall–Kier alpha value is -1.96.